The van der Waals surface area contributed by atoms with Gasteiger partial charge in [-0.25, -0.2) is 0 Å². The molecule has 2 aromatic carbocycles. The van der Waals surface area contributed by atoms with Crippen LogP contribution in [0, 0.1) is 0 Å². The number of nitrogens with two attached hydrogens (primary N) is 1. The number of rotatable bonds is 6. The van der Waals surface area contributed by atoms with Crippen molar-refractivity contribution in [3.63, 3.8) is 0 Å². The zero-order valence-corrected chi connectivity index (χ0v) is 15.4. The van der Waals surface area contributed by atoms with Crippen LogP contribution < -0.4 is 17.2 Å². The van der Waals surface area contributed by atoms with Crippen molar-refractivity contribution >= 4 is 5.97 Å². The molecule has 7 N–H and O–H groups in total. The highest BCUT2D eigenvalue weighted by molar-refractivity contribution is 5.89. The molecule has 0 aliphatic carbocycles. The van der Waals surface area contributed by atoms with E-state index < -0.39 is 5.97 Å². The van der Waals surface area contributed by atoms with Gasteiger partial charge in [-0.05, 0) is 59.6 Å². The molecular weight excluding hydrogens is 316 g/mol. The van der Waals surface area contributed by atoms with E-state index in [1.165, 1.54) is 11.1 Å². The number of carbonyl (C=O) groups excluding carboxylic acids is 1. The van der Waals surface area contributed by atoms with E-state index >= 15 is 0 Å². The molecule has 0 atom stereocenters. The van der Waals surface area contributed by atoms with Crippen LogP contribution in [0.15, 0.2) is 36.4 Å². The van der Waals surface area contributed by atoms with Gasteiger partial charge in [0.2, 0.25) is 0 Å². The van der Waals surface area contributed by atoms with Gasteiger partial charge in [-0.2, -0.15) is 0 Å². The maximum absolute atomic E-state index is 11.6. The molecule has 0 amide bonds. The number of benzene rings is 2. The van der Waals surface area contributed by atoms with Crippen molar-refractivity contribution in [2.75, 3.05) is 0 Å². The standard InChI is InChI=1S/C20H24O2.H3NO.H3N/c1-4-15-13-19(20(21)22)18(17(6-3)16(15)5-2)12-14-10-8-7-9-11-14;1-2;/h7-11,13H,4-6,12H2,1-3H3,(H,21,22);2H,1H2;1H3. The first-order valence-corrected chi connectivity index (χ1v) is 8.32. The summed E-state index contributed by atoms with van der Waals surface area (Å²) >= 11 is 0. The first kappa shape index (κ1) is 22.8. The maximum atomic E-state index is 11.6. The van der Waals surface area contributed by atoms with E-state index in [1.807, 2.05) is 36.4 Å². The van der Waals surface area contributed by atoms with Crippen molar-refractivity contribution in [1.29, 1.82) is 0 Å². The third-order valence-electron chi connectivity index (χ3n) is 4.29. The smallest absolute Gasteiger partial charge is 0.0718 e. The third-order valence-corrected chi connectivity index (χ3v) is 4.29. The molecule has 138 valence electrons. The van der Waals surface area contributed by atoms with Crippen molar-refractivity contribution in [3.05, 3.63) is 69.8 Å². The first-order valence-electron chi connectivity index (χ1n) is 8.32. The number of aryl methyl sites for hydroxylation is 1. The Labute approximate surface area is 150 Å². The fraction of sp³-hybridized carbons (Fsp3) is 0.350. The molecule has 5 nitrogen and oxygen atoms in total. The minimum atomic E-state index is -1.07. The Morgan fingerprint density at radius 2 is 1.52 bits per heavy atom. The largest absolute Gasteiger partial charge is 0.545 e. The molecule has 5 heteroatoms. The van der Waals surface area contributed by atoms with E-state index in [2.05, 4.69) is 26.7 Å². The van der Waals surface area contributed by atoms with E-state index in [0.29, 0.717) is 12.0 Å². The van der Waals surface area contributed by atoms with Crippen molar-refractivity contribution in [3.8, 4) is 0 Å². The van der Waals surface area contributed by atoms with Crippen molar-refractivity contribution < 1.29 is 15.1 Å². The predicted octanol–water partition coefficient (Wildman–Crippen LogP) is 2.07. The molecule has 0 heterocycles. The molecule has 0 bridgehead atoms. The lowest BCUT2D eigenvalue weighted by atomic mass is 9.85. The van der Waals surface area contributed by atoms with Gasteiger partial charge in [0.25, 0.3) is 0 Å². The highest BCUT2D eigenvalue weighted by atomic mass is 16.4. The van der Waals surface area contributed by atoms with Gasteiger partial charge >= 0.3 is 0 Å². The molecule has 0 fully saturated rings. The normalized spacial score (nSPS) is 9.64. The quantitative estimate of drug-likeness (QED) is 0.613. The summed E-state index contributed by atoms with van der Waals surface area (Å²) in [5.74, 6) is 2.68. The lowest BCUT2D eigenvalue weighted by Crippen LogP contribution is -2.25. The summed E-state index contributed by atoms with van der Waals surface area (Å²) in [7, 11) is 0. The summed E-state index contributed by atoms with van der Waals surface area (Å²) in [4.78, 5) is 11.6. The lowest BCUT2D eigenvalue weighted by Gasteiger charge is -2.22. The summed E-state index contributed by atoms with van der Waals surface area (Å²) in [6.45, 7) is 6.31. The van der Waals surface area contributed by atoms with Gasteiger partial charge in [-0.3, -0.25) is 0 Å². The Balaban J connectivity index is 0.00000185. The highest BCUT2D eigenvalue weighted by Crippen LogP contribution is 2.27. The van der Waals surface area contributed by atoms with Crippen molar-refractivity contribution in [2.24, 2.45) is 5.90 Å². The van der Waals surface area contributed by atoms with Crippen LogP contribution in [0.4, 0.5) is 0 Å². The van der Waals surface area contributed by atoms with Crippen LogP contribution in [0.1, 0.15) is 58.9 Å². The van der Waals surface area contributed by atoms with Gasteiger partial charge in [0.15, 0.2) is 0 Å². The van der Waals surface area contributed by atoms with Crippen molar-refractivity contribution in [2.45, 2.75) is 46.5 Å². The predicted molar refractivity (Wildman–Crippen MR) is 101 cm³/mol. The average molecular weight is 346 g/mol. The van der Waals surface area contributed by atoms with Crippen molar-refractivity contribution in [1.82, 2.24) is 6.15 Å². The zero-order chi connectivity index (χ0) is 18.1. The number of hydrogen-bond donors (Lipinski definition) is 2. The maximum Gasteiger partial charge on any atom is 0.0718 e. The second-order valence-electron chi connectivity index (χ2n) is 5.53. The molecule has 0 saturated carbocycles. The van der Waals surface area contributed by atoms with Gasteiger partial charge < -0.3 is 21.3 Å². The lowest BCUT2D eigenvalue weighted by molar-refractivity contribution is -0.255. The molecule has 25 heavy (non-hydrogen) atoms. The van der Waals surface area contributed by atoms with E-state index in [0.717, 1.165) is 36.0 Å². The van der Waals surface area contributed by atoms with E-state index in [-0.39, 0.29) is 6.15 Å². The van der Waals surface area contributed by atoms with Crippen LogP contribution in [-0.2, 0) is 25.7 Å². The van der Waals surface area contributed by atoms with Gasteiger partial charge in [0.05, 0.1) is 5.97 Å². The SMILES string of the molecule is CCc1cc(C(=O)[O-])c(Cc2ccccc2)c(CC)c1CC.N.N[OH2+]. The second kappa shape index (κ2) is 11.4. The average Bonchev–Trinajstić information content (AvgIpc) is 2.63. The Morgan fingerprint density at radius 1 is 0.960 bits per heavy atom. The van der Waals surface area contributed by atoms with Gasteiger partial charge in [0.1, 0.15) is 0 Å². The van der Waals surface area contributed by atoms with Crippen LogP contribution in [-0.4, -0.2) is 11.2 Å². The Bertz CT molecular complexity index is 670. The monoisotopic (exact) mass is 346 g/mol. The number of hydrogen-bond acceptors (Lipinski definition) is 4. The van der Waals surface area contributed by atoms with Gasteiger partial charge in [-0.15, -0.1) is 5.90 Å². The summed E-state index contributed by atoms with van der Waals surface area (Å²) < 4.78 is 0. The van der Waals surface area contributed by atoms with Gasteiger partial charge in [0, 0.05) is 5.56 Å². The molecular formula is C20H30N2O3. The number of carbonyl (C=O) groups is 1. The van der Waals surface area contributed by atoms with E-state index in [9.17, 15) is 9.90 Å². The highest BCUT2D eigenvalue weighted by Gasteiger charge is 2.16. The molecule has 0 unspecified atom stereocenters. The molecule has 0 radical (unpaired) electrons. The minimum Gasteiger partial charge on any atom is -0.545 e. The van der Waals surface area contributed by atoms with Crippen LogP contribution in [0.3, 0.4) is 0 Å². The minimum absolute atomic E-state index is 0. The van der Waals surface area contributed by atoms with E-state index in [1.54, 1.807) is 0 Å². The number of aromatic carboxylic acids is 1. The summed E-state index contributed by atoms with van der Waals surface area (Å²) in [5, 5.41) is 16.9. The van der Waals surface area contributed by atoms with Crippen LogP contribution in [0.25, 0.3) is 0 Å². The van der Waals surface area contributed by atoms with E-state index in [4.69, 9.17) is 5.21 Å². The van der Waals surface area contributed by atoms with Crippen LogP contribution in [0.5, 0.6) is 0 Å². The zero-order valence-electron chi connectivity index (χ0n) is 15.4. The third kappa shape index (κ3) is 5.39. The summed E-state index contributed by atoms with van der Waals surface area (Å²) in [6.07, 6.45) is 3.27. The fourth-order valence-electron chi connectivity index (χ4n) is 3.25. The Hall–Kier alpha value is -2.21. The molecule has 0 saturated heterocycles. The molecule has 0 spiro atoms. The molecule has 0 aliphatic heterocycles. The van der Waals surface area contributed by atoms with Crippen LogP contribution in [0.2, 0.25) is 0 Å². The molecule has 0 aliphatic rings. The molecule has 2 rings (SSSR count). The fourth-order valence-corrected chi connectivity index (χ4v) is 3.25. The summed E-state index contributed by atoms with van der Waals surface area (Å²) in [5.41, 5.74) is 6.03. The Morgan fingerprint density at radius 3 is 1.96 bits per heavy atom. The van der Waals surface area contributed by atoms with Crippen LogP contribution >= 0.6 is 0 Å². The first-order chi connectivity index (χ1) is 11.6. The van der Waals surface area contributed by atoms with Gasteiger partial charge in [-0.1, -0.05) is 51.1 Å². The number of carboxylic acid groups (broad SMARTS) is 1. The topological polar surface area (TPSA) is 124 Å². The number of carboxylic acids is 1. The Kier molecular flexibility index (Phi) is 10.4. The molecule has 0 aromatic heterocycles. The molecule has 2 aromatic rings. The second-order valence-corrected chi connectivity index (χ2v) is 5.53. The summed E-state index contributed by atoms with van der Waals surface area (Å²) in [6, 6.07) is 11.9.